The normalized spacial score (nSPS) is 12.4. The van der Waals surface area contributed by atoms with Gasteiger partial charge >= 0.3 is 0 Å². The Labute approximate surface area is 110 Å². The van der Waals surface area contributed by atoms with Gasteiger partial charge in [-0.2, -0.15) is 0 Å². The van der Waals surface area contributed by atoms with Crippen molar-refractivity contribution in [3.05, 3.63) is 64.7 Å². The van der Waals surface area contributed by atoms with E-state index in [4.69, 9.17) is 17.4 Å². The molecule has 3 nitrogen and oxygen atoms in total. The van der Waals surface area contributed by atoms with E-state index < -0.39 is 0 Å². The van der Waals surface area contributed by atoms with Crippen LogP contribution in [0.4, 0.5) is 4.39 Å². The second kappa shape index (κ2) is 5.91. The van der Waals surface area contributed by atoms with Crippen molar-refractivity contribution >= 4 is 11.6 Å². The molecule has 1 aromatic heterocycles. The summed E-state index contributed by atoms with van der Waals surface area (Å²) >= 11 is 5.72. The highest BCUT2D eigenvalue weighted by Gasteiger charge is 2.13. The smallest absolute Gasteiger partial charge is 0.127 e. The first-order chi connectivity index (χ1) is 8.70. The van der Waals surface area contributed by atoms with Crippen molar-refractivity contribution in [1.82, 2.24) is 10.4 Å². The number of hydrogen-bond acceptors (Lipinski definition) is 3. The summed E-state index contributed by atoms with van der Waals surface area (Å²) in [6, 6.07) is 8.17. The molecule has 18 heavy (non-hydrogen) atoms. The second-order valence-electron chi connectivity index (χ2n) is 3.94. The first-order valence-electron chi connectivity index (χ1n) is 5.50. The van der Waals surface area contributed by atoms with Crippen molar-refractivity contribution in [2.75, 3.05) is 0 Å². The van der Waals surface area contributed by atoms with Crippen molar-refractivity contribution in [3.63, 3.8) is 0 Å². The second-order valence-corrected chi connectivity index (χ2v) is 4.38. The molecule has 0 fully saturated rings. The fourth-order valence-electron chi connectivity index (χ4n) is 1.78. The van der Waals surface area contributed by atoms with E-state index in [2.05, 4.69) is 10.4 Å². The van der Waals surface area contributed by atoms with Crippen LogP contribution in [0.5, 0.6) is 0 Å². The lowest BCUT2D eigenvalue weighted by molar-refractivity contribution is 0.529. The molecule has 0 spiro atoms. The molecule has 0 aliphatic rings. The highest BCUT2D eigenvalue weighted by atomic mass is 35.5. The highest BCUT2D eigenvalue weighted by molar-refractivity contribution is 6.30. The van der Waals surface area contributed by atoms with Crippen molar-refractivity contribution in [3.8, 4) is 0 Å². The van der Waals surface area contributed by atoms with Gasteiger partial charge in [0.2, 0.25) is 0 Å². The monoisotopic (exact) mass is 265 g/mol. The average Bonchev–Trinajstić information content (AvgIpc) is 2.39. The largest absolute Gasteiger partial charge is 0.271 e. The van der Waals surface area contributed by atoms with Gasteiger partial charge in [-0.25, -0.2) is 4.39 Å². The molecule has 0 radical (unpaired) electrons. The predicted molar refractivity (Wildman–Crippen MR) is 69.4 cm³/mol. The van der Waals surface area contributed by atoms with Gasteiger partial charge in [-0.3, -0.25) is 16.3 Å². The standard InChI is InChI=1S/C13H13ClFN3/c14-11-2-1-10(12(15)8-11)7-13(18-16)9-3-5-17-6-4-9/h1-6,8,13,18H,7,16H2. The molecule has 0 saturated carbocycles. The van der Waals surface area contributed by atoms with Gasteiger partial charge < -0.3 is 0 Å². The van der Waals surface area contributed by atoms with Crippen LogP contribution in [-0.2, 0) is 6.42 Å². The number of nitrogens with zero attached hydrogens (tertiary/aromatic N) is 1. The minimum absolute atomic E-state index is 0.163. The van der Waals surface area contributed by atoms with Crippen LogP contribution in [-0.4, -0.2) is 4.98 Å². The Morgan fingerprint density at radius 2 is 2.00 bits per heavy atom. The fourth-order valence-corrected chi connectivity index (χ4v) is 1.93. The predicted octanol–water partition coefficient (Wildman–Crippen LogP) is 2.62. The van der Waals surface area contributed by atoms with Crippen LogP contribution in [0.1, 0.15) is 17.2 Å². The molecule has 1 atom stereocenters. The van der Waals surface area contributed by atoms with Gasteiger partial charge in [-0.05, 0) is 41.8 Å². The van der Waals surface area contributed by atoms with E-state index in [9.17, 15) is 4.39 Å². The van der Waals surface area contributed by atoms with E-state index >= 15 is 0 Å². The van der Waals surface area contributed by atoms with Crippen molar-refractivity contribution in [1.29, 1.82) is 0 Å². The third kappa shape index (κ3) is 3.04. The van der Waals surface area contributed by atoms with Gasteiger partial charge in [-0.15, -0.1) is 0 Å². The molecule has 94 valence electrons. The number of nitrogens with two attached hydrogens (primary N) is 1. The van der Waals surface area contributed by atoms with Crippen LogP contribution >= 0.6 is 11.6 Å². The summed E-state index contributed by atoms with van der Waals surface area (Å²) in [5.74, 6) is 5.19. The molecule has 0 aliphatic heterocycles. The van der Waals surface area contributed by atoms with Gasteiger partial charge in [0, 0.05) is 17.4 Å². The summed E-state index contributed by atoms with van der Waals surface area (Å²) < 4.78 is 13.7. The molecule has 2 rings (SSSR count). The maximum absolute atomic E-state index is 13.7. The number of pyridine rings is 1. The zero-order valence-electron chi connectivity index (χ0n) is 9.61. The molecule has 0 saturated heterocycles. The maximum Gasteiger partial charge on any atom is 0.127 e. The molecule has 5 heteroatoms. The van der Waals surface area contributed by atoms with E-state index in [-0.39, 0.29) is 11.9 Å². The molecule has 0 aliphatic carbocycles. The molecule has 1 aromatic carbocycles. The van der Waals surface area contributed by atoms with Gasteiger partial charge in [0.15, 0.2) is 0 Å². The Balaban J connectivity index is 2.21. The minimum Gasteiger partial charge on any atom is -0.271 e. The molecule has 1 heterocycles. The molecule has 0 bridgehead atoms. The fraction of sp³-hybridized carbons (Fsp3) is 0.154. The summed E-state index contributed by atoms with van der Waals surface area (Å²) in [5, 5.41) is 0.386. The molecular formula is C13H13ClFN3. The molecule has 2 aromatic rings. The summed E-state index contributed by atoms with van der Waals surface area (Å²) in [4.78, 5) is 3.94. The lowest BCUT2D eigenvalue weighted by Crippen LogP contribution is -2.29. The average molecular weight is 266 g/mol. The third-order valence-corrected chi connectivity index (χ3v) is 2.98. The number of halogens is 2. The third-order valence-electron chi connectivity index (χ3n) is 2.75. The van der Waals surface area contributed by atoms with Gasteiger partial charge in [0.1, 0.15) is 5.82 Å². The first kappa shape index (κ1) is 13.0. The van der Waals surface area contributed by atoms with Crippen molar-refractivity contribution in [2.24, 2.45) is 5.84 Å². The Morgan fingerprint density at radius 3 is 2.61 bits per heavy atom. The van der Waals surface area contributed by atoms with Crippen LogP contribution in [0.2, 0.25) is 5.02 Å². The van der Waals surface area contributed by atoms with E-state index in [1.807, 2.05) is 12.1 Å². The molecule has 3 N–H and O–H groups in total. The number of benzene rings is 1. The van der Waals surface area contributed by atoms with Crippen LogP contribution < -0.4 is 11.3 Å². The van der Waals surface area contributed by atoms with Gasteiger partial charge in [0.05, 0.1) is 6.04 Å². The van der Waals surface area contributed by atoms with E-state index in [0.29, 0.717) is 17.0 Å². The van der Waals surface area contributed by atoms with Crippen molar-refractivity contribution in [2.45, 2.75) is 12.5 Å². The van der Waals surface area contributed by atoms with Crippen LogP contribution in [0.3, 0.4) is 0 Å². The van der Waals surface area contributed by atoms with Crippen molar-refractivity contribution < 1.29 is 4.39 Å². The van der Waals surface area contributed by atoms with E-state index in [1.165, 1.54) is 6.07 Å². The summed E-state index contributed by atoms with van der Waals surface area (Å²) in [6.45, 7) is 0. The summed E-state index contributed by atoms with van der Waals surface area (Å²) in [6.07, 6.45) is 3.80. The van der Waals surface area contributed by atoms with Crippen LogP contribution in [0.15, 0.2) is 42.7 Å². The first-order valence-corrected chi connectivity index (χ1v) is 5.88. The Morgan fingerprint density at radius 1 is 1.28 bits per heavy atom. The lowest BCUT2D eigenvalue weighted by Gasteiger charge is -2.16. The zero-order valence-corrected chi connectivity index (χ0v) is 10.4. The van der Waals surface area contributed by atoms with Crippen LogP contribution in [0.25, 0.3) is 0 Å². The van der Waals surface area contributed by atoms with Crippen LogP contribution in [0, 0.1) is 5.82 Å². The maximum atomic E-state index is 13.7. The Hall–Kier alpha value is -1.49. The molecular weight excluding hydrogens is 253 g/mol. The summed E-state index contributed by atoms with van der Waals surface area (Å²) in [7, 11) is 0. The van der Waals surface area contributed by atoms with E-state index in [1.54, 1.807) is 24.5 Å². The molecule has 0 amide bonds. The Kier molecular flexibility index (Phi) is 4.25. The Bertz CT molecular complexity index is 519. The number of hydrazine groups is 1. The van der Waals surface area contributed by atoms with E-state index in [0.717, 1.165) is 5.56 Å². The quantitative estimate of drug-likeness (QED) is 0.660. The topological polar surface area (TPSA) is 50.9 Å². The highest BCUT2D eigenvalue weighted by Crippen LogP contribution is 2.21. The lowest BCUT2D eigenvalue weighted by atomic mass is 10.00. The number of nitrogens with one attached hydrogen (secondary N) is 1. The number of aromatic nitrogens is 1. The van der Waals surface area contributed by atoms with Gasteiger partial charge in [-0.1, -0.05) is 17.7 Å². The number of rotatable bonds is 4. The SMILES string of the molecule is NNC(Cc1ccc(Cl)cc1F)c1ccncc1. The zero-order chi connectivity index (χ0) is 13.0. The van der Waals surface area contributed by atoms with Gasteiger partial charge in [0.25, 0.3) is 0 Å². The molecule has 1 unspecified atom stereocenters. The number of hydrogen-bond donors (Lipinski definition) is 2. The summed E-state index contributed by atoms with van der Waals surface area (Å²) in [5.41, 5.74) is 4.21. The minimum atomic E-state index is -0.322.